The van der Waals surface area contributed by atoms with Crippen molar-refractivity contribution in [3.05, 3.63) is 33.8 Å². The molecule has 0 saturated carbocycles. The van der Waals surface area contributed by atoms with E-state index in [1.165, 1.54) is 15.6 Å². The fourth-order valence-corrected chi connectivity index (χ4v) is 2.79. The van der Waals surface area contributed by atoms with Crippen molar-refractivity contribution in [1.29, 1.82) is 0 Å². The molecule has 2 N–H and O–H groups in total. The maximum Gasteiger partial charge on any atom is 0.0237 e. The average molecular weight is 306 g/mol. The Hall–Kier alpha value is -0.0900. The lowest BCUT2D eigenvalue weighted by molar-refractivity contribution is 0.242. The molecule has 0 bridgehead atoms. The summed E-state index contributed by atoms with van der Waals surface area (Å²) in [4.78, 5) is 2.43. The summed E-state index contributed by atoms with van der Waals surface area (Å²) in [6.07, 6.45) is 1.13. The number of hydrogen-bond acceptors (Lipinski definition) is 2. The maximum absolute atomic E-state index is 5.82. The van der Waals surface area contributed by atoms with E-state index in [4.69, 9.17) is 5.73 Å². The van der Waals surface area contributed by atoms with E-state index >= 15 is 0 Å². The van der Waals surface area contributed by atoms with E-state index < -0.39 is 0 Å². The summed E-state index contributed by atoms with van der Waals surface area (Å²) in [5.41, 5.74) is 8.73. The molecular weight excluding hydrogens is 288 g/mol. The number of rotatable bonds is 2. The molecule has 1 heterocycles. The van der Waals surface area contributed by atoms with Crippen molar-refractivity contribution in [2.24, 2.45) is 5.73 Å². The minimum absolute atomic E-state index is 0. The first-order valence-electron chi connectivity index (χ1n) is 5.41. The Bertz CT molecular complexity index is 355. The molecular formula is C12H18BrClN2. The Morgan fingerprint density at radius 1 is 1.50 bits per heavy atom. The second kappa shape index (κ2) is 6.01. The van der Waals surface area contributed by atoms with Gasteiger partial charge in [0.15, 0.2) is 0 Å². The van der Waals surface area contributed by atoms with Crippen LogP contribution in [0.5, 0.6) is 0 Å². The zero-order valence-electron chi connectivity index (χ0n) is 9.45. The predicted molar refractivity (Wildman–Crippen MR) is 74.0 cm³/mol. The number of nitrogens with two attached hydrogens (primary N) is 1. The highest BCUT2D eigenvalue weighted by atomic mass is 79.9. The monoisotopic (exact) mass is 304 g/mol. The zero-order chi connectivity index (χ0) is 10.8. The van der Waals surface area contributed by atoms with Crippen molar-refractivity contribution in [2.75, 3.05) is 13.1 Å². The number of halogens is 2. The van der Waals surface area contributed by atoms with Crippen LogP contribution < -0.4 is 5.73 Å². The molecule has 16 heavy (non-hydrogen) atoms. The minimum Gasteiger partial charge on any atom is -0.327 e. The van der Waals surface area contributed by atoms with Crippen LogP contribution in [0.2, 0.25) is 0 Å². The molecule has 2 rings (SSSR count). The first kappa shape index (κ1) is 14.0. The van der Waals surface area contributed by atoms with Crippen molar-refractivity contribution in [2.45, 2.75) is 25.9 Å². The summed E-state index contributed by atoms with van der Waals surface area (Å²) < 4.78 is 1.25. The lowest BCUT2D eigenvalue weighted by Crippen LogP contribution is -2.38. The zero-order valence-corrected chi connectivity index (χ0v) is 11.9. The third-order valence-corrected chi connectivity index (χ3v) is 3.58. The van der Waals surface area contributed by atoms with Crippen molar-refractivity contribution in [3.63, 3.8) is 0 Å². The van der Waals surface area contributed by atoms with Gasteiger partial charge in [-0.05, 0) is 30.5 Å². The second-order valence-corrected chi connectivity index (χ2v) is 5.19. The molecule has 1 aliphatic rings. The van der Waals surface area contributed by atoms with Gasteiger partial charge in [-0.2, -0.15) is 0 Å². The number of fused-ring (bicyclic) bond motifs is 1. The Morgan fingerprint density at radius 2 is 2.25 bits per heavy atom. The quantitative estimate of drug-likeness (QED) is 0.910. The highest BCUT2D eigenvalue weighted by molar-refractivity contribution is 9.10. The van der Waals surface area contributed by atoms with E-state index in [-0.39, 0.29) is 18.4 Å². The standard InChI is InChI=1S/C12H17BrN2.ClH/c1-9(14)7-15-6-5-11-10(8-15)3-2-4-12(11)13;/h2-4,9H,5-8,14H2,1H3;1H. The fraction of sp³-hybridized carbons (Fsp3) is 0.500. The van der Waals surface area contributed by atoms with Crippen LogP contribution in [0.4, 0.5) is 0 Å². The Balaban J connectivity index is 0.00000128. The predicted octanol–water partition coefficient (Wildman–Crippen LogP) is 2.58. The third kappa shape index (κ3) is 3.20. The molecule has 0 fully saturated rings. The van der Waals surface area contributed by atoms with Crippen LogP contribution in [0.1, 0.15) is 18.1 Å². The Morgan fingerprint density at radius 3 is 2.94 bits per heavy atom. The summed E-state index contributed by atoms with van der Waals surface area (Å²) in [6.45, 7) is 5.22. The smallest absolute Gasteiger partial charge is 0.0237 e. The lowest BCUT2D eigenvalue weighted by atomic mass is 10.00. The van der Waals surface area contributed by atoms with Crippen molar-refractivity contribution in [3.8, 4) is 0 Å². The molecule has 0 radical (unpaired) electrons. The van der Waals surface area contributed by atoms with Gasteiger partial charge in [-0.3, -0.25) is 4.90 Å². The Kier molecular flexibility index (Phi) is 5.25. The summed E-state index contributed by atoms with van der Waals surface area (Å²) >= 11 is 3.61. The summed E-state index contributed by atoms with van der Waals surface area (Å²) in [6, 6.07) is 6.71. The molecule has 2 nitrogen and oxygen atoms in total. The van der Waals surface area contributed by atoms with Gasteiger partial charge in [-0.15, -0.1) is 12.4 Å². The highest BCUT2D eigenvalue weighted by Crippen LogP contribution is 2.26. The topological polar surface area (TPSA) is 29.3 Å². The van der Waals surface area contributed by atoms with Gasteiger partial charge in [0, 0.05) is 30.1 Å². The van der Waals surface area contributed by atoms with Gasteiger partial charge in [0.05, 0.1) is 0 Å². The molecule has 1 aromatic carbocycles. The van der Waals surface area contributed by atoms with E-state index in [1.54, 1.807) is 0 Å². The Labute approximate surface area is 112 Å². The van der Waals surface area contributed by atoms with Gasteiger partial charge in [0.2, 0.25) is 0 Å². The lowest BCUT2D eigenvalue weighted by Gasteiger charge is -2.30. The molecule has 0 spiro atoms. The molecule has 0 amide bonds. The molecule has 1 unspecified atom stereocenters. The molecule has 0 aliphatic carbocycles. The number of nitrogens with zero attached hydrogens (tertiary/aromatic N) is 1. The van der Waals surface area contributed by atoms with E-state index in [0.717, 1.165) is 26.1 Å². The van der Waals surface area contributed by atoms with Crippen LogP contribution >= 0.6 is 28.3 Å². The van der Waals surface area contributed by atoms with Gasteiger partial charge < -0.3 is 5.73 Å². The van der Waals surface area contributed by atoms with Gasteiger partial charge in [-0.1, -0.05) is 28.1 Å². The molecule has 0 saturated heterocycles. The van der Waals surface area contributed by atoms with Crippen LogP contribution in [0, 0.1) is 0 Å². The first-order valence-corrected chi connectivity index (χ1v) is 6.20. The van der Waals surface area contributed by atoms with Crippen LogP contribution in [0.15, 0.2) is 22.7 Å². The van der Waals surface area contributed by atoms with Crippen molar-refractivity contribution >= 4 is 28.3 Å². The summed E-state index contributed by atoms with van der Waals surface area (Å²) in [5.74, 6) is 0. The van der Waals surface area contributed by atoms with Crippen LogP contribution in [-0.4, -0.2) is 24.0 Å². The molecule has 1 aliphatic heterocycles. The van der Waals surface area contributed by atoms with Crippen molar-refractivity contribution < 1.29 is 0 Å². The number of benzene rings is 1. The largest absolute Gasteiger partial charge is 0.327 e. The average Bonchev–Trinajstić information content (AvgIpc) is 2.17. The molecule has 4 heteroatoms. The van der Waals surface area contributed by atoms with E-state index in [2.05, 4.69) is 46.0 Å². The van der Waals surface area contributed by atoms with Gasteiger partial charge >= 0.3 is 0 Å². The maximum atomic E-state index is 5.82. The van der Waals surface area contributed by atoms with E-state index in [9.17, 15) is 0 Å². The fourth-order valence-electron chi connectivity index (χ4n) is 2.18. The molecule has 90 valence electrons. The first-order chi connectivity index (χ1) is 7.16. The molecule has 0 aromatic heterocycles. The SMILES string of the molecule is CC(N)CN1CCc2c(Br)cccc2C1.Cl. The molecule has 1 aromatic rings. The summed E-state index contributed by atoms with van der Waals surface area (Å²) in [7, 11) is 0. The van der Waals surface area contributed by atoms with Gasteiger partial charge in [-0.25, -0.2) is 0 Å². The van der Waals surface area contributed by atoms with E-state index in [1.807, 2.05) is 0 Å². The second-order valence-electron chi connectivity index (χ2n) is 4.34. The minimum atomic E-state index is 0. The molecule has 1 atom stereocenters. The van der Waals surface area contributed by atoms with Crippen LogP contribution in [0.3, 0.4) is 0 Å². The normalized spacial score (nSPS) is 17.4. The summed E-state index contributed by atoms with van der Waals surface area (Å²) in [5, 5.41) is 0. The highest BCUT2D eigenvalue weighted by Gasteiger charge is 2.18. The van der Waals surface area contributed by atoms with Crippen LogP contribution in [-0.2, 0) is 13.0 Å². The van der Waals surface area contributed by atoms with Crippen LogP contribution in [0.25, 0.3) is 0 Å². The van der Waals surface area contributed by atoms with E-state index in [0.29, 0.717) is 0 Å². The van der Waals surface area contributed by atoms with Gasteiger partial charge in [0.25, 0.3) is 0 Å². The number of hydrogen-bond donors (Lipinski definition) is 1. The third-order valence-electron chi connectivity index (χ3n) is 2.83. The van der Waals surface area contributed by atoms with Gasteiger partial charge in [0.1, 0.15) is 0 Å². The van der Waals surface area contributed by atoms with Crippen molar-refractivity contribution in [1.82, 2.24) is 4.90 Å².